The first kappa shape index (κ1) is 9.01. The Kier molecular flexibility index (Phi) is 3.34. The van der Waals surface area contributed by atoms with Gasteiger partial charge >= 0.3 is 0 Å². The van der Waals surface area contributed by atoms with Crippen molar-refractivity contribution in [1.29, 1.82) is 0 Å². The van der Waals surface area contributed by atoms with Crippen LogP contribution in [-0.2, 0) is 0 Å². The van der Waals surface area contributed by atoms with Gasteiger partial charge in [-0.1, -0.05) is 0 Å². The zero-order valence-corrected chi connectivity index (χ0v) is 7.71. The highest BCUT2D eigenvalue weighted by atomic mass is 15.1. The SMILES string of the molecule is CC(CCN)N(C)CC1CC1. The van der Waals surface area contributed by atoms with Crippen molar-refractivity contribution in [2.24, 2.45) is 11.7 Å². The maximum atomic E-state index is 5.49. The van der Waals surface area contributed by atoms with E-state index in [2.05, 4.69) is 18.9 Å². The number of nitrogens with zero attached hydrogens (tertiary/aromatic N) is 1. The van der Waals surface area contributed by atoms with Gasteiger partial charge in [0.05, 0.1) is 0 Å². The molecule has 0 aromatic rings. The Hall–Kier alpha value is -0.0800. The van der Waals surface area contributed by atoms with Gasteiger partial charge in [0.2, 0.25) is 0 Å². The lowest BCUT2D eigenvalue weighted by molar-refractivity contribution is 0.239. The first-order chi connectivity index (χ1) is 5.24. The van der Waals surface area contributed by atoms with Crippen LogP contribution in [0.4, 0.5) is 0 Å². The van der Waals surface area contributed by atoms with Crippen molar-refractivity contribution in [1.82, 2.24) is 4.90 Å². The van der Waals surface area contributed by atoms with Crippen molar-refractivity contribution in [3.8, 4) is 0 Å². The van der Waals surface area contributed by atoms with Gasteiger partial charge in [0.15, 0.2) is 0 Å². The van der Waals surface area contributed by atoms with Crippen LogP contribution in [0.1, 0.15) is 26.2 Å². The van der Waals surface area contributed by atoms with Gasteiger partial charge in [-0.05, 0) is 45.7 Å². The molecular formula is C9H20N2. The smallest absolute Gasteiger partial charge is 0.00760 e. The summed E-state index contributed by atoms with van der Waals surface area (Å²) in [6.07, 6.45) is 4.02. The summed E-state index contributed by atoms with van der Waals surface area (Å²) in [7, 11) is 2.21. The molecule has 0 aromatic carbocycles. The average Bonchev–Trinajstić information content (AvgIpc) is 2.72. The molecule has 66 valence electrons. The zero-order chi connectivity index (χ0) is 8.27. The first-order valence-electron chi connectivity index (χ1n) is 4.64. The van der Waals surface area contributed by atoms with Crippen molar-refractivity contribution in [3.63, 3.8) is 0 Å². The van der Waals surface area contributed by atoms with Gasteiger partial charge in [-0.3, -0.25) is 0 Å². The highest BCUT2D eigenvalue weighted by Crippen LogP contribution is 2.29. The van der Waals surface area contributed by atoms with Gasteiger partial charge in [0.25, 0.3) is 0 Å². The highest BCUT2D eigenvalue weighted by molar-refractivity contribution is 4.78. The van der Waals surface area contributed by atoms with Crippen molar-refractivity contribution in [3.05, 3.63) is 0 Å². The molecular weight excluding hydrogens is 136 g/mol. The molecule has 1 fully saturated rings. The molecule has 0 bridgehead atoms. The molecule has 1 unspecified atom stereocenters. The Balaban J connectivity index is 2.10. The molecule has 1 aliphatic carbocycles. The van der Waals surface area contributed by atoms with E-state index in [1.165, 1.54) is 19.4 Å². The third kappa shape index (κ3) is 3.21. The monoisotopic (exact) mass is 156 g/mol. The average molecular weight is 156 g/mol. The Bertz CT molecular complexity index is 110. The first-order valence-corrected chi connectivity index (χ1v) is 4.64. The molecule has 11 heavy (non-hydrogen) atoms. The molecule has 0 amide bonds. The quantitative estimate of drug-likeness (QED) is 0.645. The normalized spacial score (nSPS) is 20.7. The maximum Gasteiger partial charge on any atom is 0.00760 e. The summed E-state index contributed by atoms with van der Waals surface area (Å²) in [5.41, 5.74) is 5.49. The lowest BCUT2D eigenvalue weighted by Crippen LogP contribution is -2.32. The molecule has 0 radical (unpaired) electrons. The summed E-state index contributed by atoms with van der Waals surface area (Å²) < 4.78 is 0. The van der Waals surface area contributed by atoms with E-state index in [1.807, 2.05) is 0 Å². The largest absolute Gasteiger partial charge is 0.330 e. The standard InChI is InChI=1S/C9H20N2/c1-8(5-6-10)11(2)7-9-3-4-9/h8-9H,3-7,10H2,1-2H3. The van der Waals surface area contributed by atoms with E-state index >= 15 is 0 Å². The molecule has 1 aliphatic rings. The van der Waals surface area contributed by atoms with Crippen LogP contribution in [0.2, 0.25) is 0 Å². The van der Waals surface area contributed by atoms with Crippen LogP contribution < -0.4 is 5.73 Å². The minimum atomic E-state index is 0.667. The van der Waals surface area contributed by atoms with Crippen molar-refractivity contribution < 1.29 is 0 Å². The molecule has 2 heteroatoms. The van der Waals surface area contributed by atoms with Crippen LogP contribution in [0.3, 0.4) is 0 Å². The van der Waals surface area contributed by atoms with E-state index < -0.39 is 0 Å². The topological polar surface area (TPSA) is 29.3 Å². The van der Waals surface area contributed by atoms with E-state index in [1.54, 1.807) is 0 Å². The van der Waals surface area contributed by atoms with Gasteiger partial charge in [-0.2, -0.15) is 0 Å². The fraction of sp³-hybridized carbons (Fsp3) is 1.00. The van der Waals surface area contributed by atoms with Crippen LogP contribution in [0.5, 0.6) is 0 Å². The van der Waals surface area contributed by atoms with Crippen molar-refractivity contribution >= 4 is 0 Å². The van der Waals surface area contributed by atoms with Crippen molar-refractivity contribution in [2.75, 3.05) is 20.1 Å². The lowest BCUT2D eigenvalue weighted by atomic mass is 10.2. The van der Waals surface area contributed by atoms with Gasteiger partial charge in [-0.25, -0.2) is 0 Å². The minimum absolute atomic E-state index is 0.667. The van der Waals surface area contributed by atoms with Gasteiger partial charge in [0.1, 0.15) is 0 Å². The highest BCUT2D eigenvalue weighted by Gasteiger charge is 2.24. The fourth-order valence-corrected chi connectivity index (χ4v) is 1.35. The van der Waals surface area contributed by atoms with Crippen LogP contribution in [0, 0.1) is 5.92 Å². The number of hydrogen-bond acceptors (Lipinski definition) is 2. The summed E-state index contributed by atoms with van der Waals surface area (Å²) in [5.74, 6) is 1.00. The Morgan fingerprint density at radius 3 is 2.64 bits per heavy atom. The zero-order valence-electron chi connectivity index (χ0n) is 7.71. The summed E-state index contributed by atoms with van der Waals surface area (Å²) in [6.45, 7) is 4.35. The minimum Gasteiger partial charge on any atom is -0.330 e. The second kappa shape index (κ2) is 4.07. The summed E-state index contributed by atoms with van der Waals surface area (Å²) in [6, 6.07) is 0.667. The molecule has 2 N–H and O–H groups in total. The van der Waals surface area contributed by atoms with Crippen LogP contribution in [0.15, 0.2) is 0 Å². The molecule has 0 aromatic heterocycles. The Labute approximate surface area is 69.8 Å². The van der Waals surface area contributed by atoms with E-state index in [-0.39, 0.29) is 0 Å². The molecule has 1 atom stereocenters. The predicted molar refractivity (Wildman–Crippen MR) is 48.5 cm³/mol. The third-order valence-corrected chi connectivity index (χ3v) is 2.58. The molecule has 0 spiro atoms. The van der Waals surface area contributed by atoms with E-state index in [9.17, 15) is 0 Å². The Morgan fingerprint density at radius 1 is 1.55 bits per heavy atom. The molecule has 2 nitrogen and oxygen atoms in total. The number of nitrogens with two attached hydrogens (primary N) is 1. The molecule has 0 aliphatic heterocycles. The van der Waals surface area contributed by atoms with Gasteiger partial charge in [-0.15, -0.1) is 0 Å². The Morgan fingerprint density at radius 2 is 2.18 bits per heavy atom. The summed E-state index contributed by atoms with van der Waals surface area (Å²) >= 11 is 0. The predicted octanol–water partition coefficient (Wildman–Crippen LogP) is 1.07. The van der Waals surface area contributed by atoms with E-state index in [4.69, 9.17) is 5.73 Å². The molecule has 1 rings (SSSR count). The van der Waals surface area contributed by atoms with Crippen LogP contribution in [-0.4, -0.2) is 31.1 Å². The van der Waals surface area contributed by atoms with E-state index in [0.717, 1.165) is 18.9 Å². The van der Waals surface area contributed by atoms with Gasteiger partial charge < -0.3 is 10.6 Å². The molecule has 1 saturated carbocycles. The summed E-state index contributed by atoms with van der Waals surface area (Å²) in [4.78, 5) is 2.44. The van der Waals surface area contributed by atoms with Crippen LogP contribution >= 0.6 is 0 Å². The molecule has 0 saturated heterocycles. The second-order valence-electron chi connectivity index (χ2n) is 3.81. The van der Waals surface area contributed by atoms with Crippen molar-refractivity contribution in [2.45, 2.75) is 32.2 Å². The van der Waals surface area contributed by atoms with Gasteiger partial charge in [0, 0.05) is 12.6 Å². The number of rotatable bonds is 5. The second-order valence-corrected chi connectivity index (χ2v) is 3.81. The maximum absolute atomic E-state index is 5.49. The number of hydrogen-bond donors (Lipinski definition) is 1. The molecule has 0 heterocycles. The van der Waals surface area contributed by atoms with Crippen LogP contribution in [0.25, 0.3) is 0 Å². The lowest BCUT2D eigenvalue weighted by Gasteiger charge is -2.23. The third-order valence-electron chi connectivity index (χ3n) is 2.58. The van der Waals surface area contributed by atoms with E-state index in [0.29, 0.717) is 6.04 Å². The summed E-state index contributed by atoms with van der Waals surface area (Å²) in [5, 5.41) is 0. The fourth-order valence-electron chi connectivity index (χ4n) is 1.35.